The molecule has 1 amide bonds. The van der Waals surface area contributed by atoms with Gasteiger partial charge in [0.25, 0.3) is 0 Å². The minimum atomic E-state index is 0.163. The molecule has 0 unspecified atom stereocenters. The van der Waals surface area contributed by atoms with Crippen molar-refractivity contribution in [1.82, 2.24) is 5.32 Å². The molecule has 0 aliphatic heterocycles. The molecule has 3 heteroatoms. The van der Waals surface area contributed by atoms with E-state index in [0.29, 0.717) is 6.42 Å². The van der Waals surface area contributed by atoms with Gasteiger partial charge in [0.05, 0.1) is 0 Å². The largest absolute Gasteiger partial charge is 0.356 e. The molecule has 0 saturated carbocycles. The predicted molar refractivity (Wildman–Crippen MR) is 82.8 cm³/mol. The van der Waals surface area contributed by atoms with E-state index in [9.17, 15) is 4.79 Å². The van der Waals surface area contributed by atoms with Crippen molar-refractivity contribution >= 4 is 27.3 Å². The first-order valence-electron chi connectivity index (χ1n) is 7.00. The number of hydrogen-bond acceptors (Lipinski definition) is 2. The van der Waals surface area contributed by atoms with Crippen molar-refractivity contribution in [2.45, 2.75) is 39.5 Å². The molecule has 102 valence electrons. The van der Waals surface area contributed by atoms with Crippen LogP contribution in [-0.2, 0) is 17.6 Å². The number of carbonyl (C=O) groups excluding carboxylic acids is 1. The molecule has 19 heavy (non-hydrogen) atoms. The molecule has 0 aliphatic carbocycles. The fourth-order valence-electron chi connectivity index (χ4n) is 2.19. The van der Waals surface area contributed by atoms with E-state index >= 15 is 0 Å². The van der Waals surface area contributed by atoms with Crippen molar-refractivity contribution in [2.75, 3.05) is 6.54 Å². The number of benzene rings is 1. The van der Waals surface area contributed by atoms with Gasteiger partial charge in [-0.1, -0.05) is 26.0 Å². The van der Waals surface area contributed by atoms with Gasteiger partial charge in [0, 0.05) is 17.7 Å². The second kappa shape index (κ2) is 6.71. The molecule has 0 atom stereocenters. The van der Waals surface area contributed by atoms with E-state index in [-0.39, 0.29) is 5.91 Å². The Morgan fingerprint density at radius 2 is 2.16 bits per heavy atom. The third-order valence-corrected chi connectivity index (χ3v) is 4.33. The number of carbonyl (C=O) groups is 1. The molecule has 0 bridgehead atoms. The highest BCUT2D eigenvalue weighted by Gasteiger charge is 2.05. The van der Waals surface area contributed by atoms with Gasteiger partial charge in [0.15, 0.2) is 0 Å². The molecule has 2 nitrogen and oxygen atoms in total. The Labute approximate surface area is 118 Å². The van der Waals surface area contributed by atoms with Gasteiger partial charge in [-0.05, 0) is 47.2 Å². The van der Waals surface area contributed by atoms with Gasteiger partial charge in [0.2, 0.25) is 5.91 Å². The molecule has 2 rings (SSSR count). The van der Waals surface area contributed by atoms with E-state index in [4.69, 9.17) is 0 Å². The maximum atomic E-state index is 11.4. The van der Waals surface area contributed by atoms with Gasteiger partial charge in [-0.15, -0.1) is 11.3 Å². The Morgan fingerprint density at radius 1 is 1.32 bits per heavy atom. The monoisotopic (exact) mass is 275 g/mol. The lowest BCUT2D eigenvalue weighted by molar-refractivity contribution is -0.121. The second-order valence-corrected chi connectivity index (χ2v) is 5.71. The third kappa shape index (κ3) is 3.57. The van der Waals surface area contributed by atoms with Crippen molar-refractivity contribution < 1.29 is 4.79 Å². The quantitative estimate of drug-likeness (QED) is 0.850. The lowest BCUT2D eigenvalue weighted by Crippen LogP contribution is -2.25. The number of hydrogen-bond donors (Lipinski definition) is 1. The van der Waals surface area contributed by atoms with Crippen molar-refractivity contribution in [2.24, 2.45) is 0 Å². The molecule has 0 radical (unpaired) electrons. The molecule has 0 fully saturated rings. The molecule has 2 aromatic rings. The van der Waals surface area contributed by atoms with E-state index in [2.05, 4.69) is 35.8 Å². The number of aryl methyl sites for hydroxylation is 1. The molecular weight excluding hydrogens is 254 g/mol. The molecule has 0 saturated heterocycles. The van der Waals surface area contributed by atoms with Gasteiger partial charge in [-0.25, -0.2) is 0 Å². The fourth-order valence-corrected chi connectivity index (χ4v) is 3.17. The summed E-state index contributed by atoms with van der Waals surface area (Å²) in [6.45, 7) is 4.94. The van der Waals surface area contributed by atoms with E-state index in [1.165, 1.54) is 21.2 Å². The molecule has 0 spiro atoms. The van der Waals surface area contributed by atoms with Crippen LogP contribution >= 0.6 is 11.3 Å². The SMILES string of the molecule is CCCC(=O)NCCc1csc2ccc(CC)cc12. The van der Waals surface area contributed by atoms with Gasteiger partial charge in [-0.2, -0.15) is 0 Å². The number of thiophene rings is 1. The first kappa shape index (κ1) is 14.1. The number of nitrogens with one attached hydrogen (secondary N) is 1. The van der Waals surface area contributed by atoms with Gasteiger partial charge in [0.1, 0.15) is 0 Å². The molecule has 1 heterocycles. The van der Waals surface area contributed by atoms with E-state index < -0.39 is 0 Å². The first-order chi connectivity index (χ1) is 9.24. The van der Waals surface area contributed by atoms with Crippen LogP contribution in [0.1, 0.15) is 37.8 Å². The lowest BCUT2D eigenvalue weighted by atomic mass is 10.1. The van der Waals surface area contributed by atoms with Crippen LogP contribution in [0.5, 0.6) is 0 Å². The minimum absolute atomic E-state index is 0.163. The average molecular weight is 275 g/mol. The average Bonchev–Trinajstić information content (AvgIpc) is 2.81. The summed E-state index contributed by atoms with van der Waals surface area (Å²) in [5.41, 5.74) is 2.73. The first-order valence-corrected chi connectivity index (χ1v) is 7.88. The highest BCUT2D eigenvalue weighted by atomic mass is 32.1. The summed E-state index contributed by atoms with van der Waals surface area (Å²) in [4.78, 5) is 11.4. The van der Waals surface area contributed by atoms with Crippen LogP contribution in [0.4, 0.5) is 0 Å². The Hall–Kier alpha value is -1.35. The van der Waals surface area contributed by atoms with Crippen LogP contribution in [0, 0.1) is 0 Å². The summed E-state index contributed by atoms with van der Waals surface area (Å²) < 4.78 is 1.34. The summed E-state index contributed by atoms with van der Waals surface area (Å²) in [5, 5.41) is 6.55. The fraction of sp³-hybridized carbons (Fsp3) is 0.438. The summed E-state index contributed by atoms with van der Waals surface area (Å²) >= 11 is 1.79. The number of fused-ring (bicyclic) bond motifs is 1. The van der Waals surface area contributed by atoms with Crippen molar-refractivity contribution in [3.05, 3.63) is 34.7 Å². The van der Waals surface area contributed by atoms with E-state index in [0.717, 1.165) is 25.8 Å². The van der Waals surface area contributed by atoms with Crippen molar-refractivity contribution in [1.29, 1.82) is 0 Å². The topological polar surface area (TPSA) is 29.1 Å². The maximum absolute atomic E-state index is 11.4. The third-order valence-electron chi connectivity index (χ3n) is 3.32. The van der Waals surface area contributed by atoms with E-state index in [1.54, 1.807) is 11.3 Å². The van der Waals surface area contributed by atoms with E-state index in [1.807, 2.05) is 6.92 Å². The van der Waals surface area contributed by atoms with Crippen LogP contribution in [0.2, 0.25) is 0 Å². The van der Waals surface area contributed by atoms with Gasteiger partial charge >= 0.3 is 0 Å². The molecular formula is C16H21NOS. The Kier molecular flexibility index (Phi) is 4.97. The number of amides is 1. The Morgan fingerprint density at radius 3 is 2.89 bits per heavy atom. The summed E-state index contributed by atoms with van der Waals surface area (Å²) in [7, 11) is 0. The maximum Gasteiger partial charge on any atom is 0.219 e. The second-order valence-electron chi connectivity index (χ2n) is 4.79. The standard InChI is InChI=1S/C16H21NOS/c1-3-5-16(18)17-9-8-13-11-19-15-7-6-12(4-2)10-14(13)15/h6-7,10-11H,3-5,8-9H2,1-2H3,(H,17,18). The van der Waals surface area contributed by atoms with Crippen LogP contribution in [-0.4, -0.2) is 12.5 Å². The predicted octanol–water partition coefficient (Wildman–Crippen LogP) is 3.92. The van der Waals surface area contributed by atoms with Gasteiger partial charge < -0.3 is 5.32 Å². The van der Waals surface area contributed by atoms with Crippen molar-refractivity contribution in [3.8, 4) is 0 Å². The smallest absolute Gasteiger partial charge is 0.219 e. The lowest BCUT2D eigenvalue weighted by Gasteiger charge is -2.04. The molecule has 1 aromatic carbocycles. The van der Waals surface area contributed by atoms with Crippen molar-refractivity contribution in [3.63, 3.8) is 0 Å². The van der Waals surface area contributed by atoms with Crippen LogP contribution in [0.3, 0.4) is 0 Å². The molecule has 1 N–H and O–H groups in total. The molecule has 1 aromatic heterocycles. The minimum Gasteiger partial charge on any atom is -0.356 e. The zero-order valence-electron chi connectivity index (χ0n) is 11.7. The summed E-state index contributed by atoms with van der Waals surface area (Å²) in [6.07, 6.45) is 3.53. The van der Waals surface area contributed by atoms with Crippen LogP contribution in [0.25, 0.3) is 10.1 Å². The highest BCUT2D eigenvalue weighted by molar-refractivity contribution is 7.17. The highest BCUT2D eigenvalue weighted by Crippen LogP contribution is 2.27. The van der Waals surface area contributed by atoms with Crippen LogP contribution in [0.15, 0.2) is 23.6 Å². The van der Waals surface area contributed by atoms with Gasteiger partial charge in [-0.3, -0.25) is 4.79 Å². The van der Waals surface area contributed by atoms with Crippen LogP contribution < -0.4 is 5.32 Å². The zero-order chi connectivity index (χ0) is 13.7. The number of rotatable bonds is 6. The summed E-state index contributed by atoms with van der Waals surface area (Å²) in [6, 6.07) is 6.69. The Balaban J connectivity index is 2.02. The molecule has 0 aliphatic rings. The Bertz CT molecular complexity index is 559. The summed E-state index contributed by atoms with van der Waals surface area (Å²) in [5.74, 6) is 0.163. The normalized spacial score (nSPS) is 10.8. The zero-order valence-corrected chi connectivity index (χ0v) is 12.5.